The first-order chi connectivity index (χ1) is 8.53. The van der Waals surface area contributed by atoms with Gasteiger partial charge in [0.15, 0.2) is 0 Å². The smallest absolute Gasteiger partial charge is 0.108 e. The van der Waals surface area contributed by atoms with Gasteiger partial charge < -0.3 is 9.84 Å². The van der Waals surface area contributed by atoms with Crippen LogP contribution in [0.15, 0.2) is 24.3 Å². The van der Waals surface area contributed by atoms with Crippen LogP contribution in [0.3, 0.4) is 0 Å². The largest absolute Gasteiger partial charge is 0.385 e. The number of hydrogen-bond acceptors (Lipinski definition) is 2. The molecule has 1 aromatic rings. The molecule has 2 unspecified atom stereocenters. The Morgan fingerprint density at radius 1 is 1.11 bits per heavy atom. The molecule has 1 fully saturated rings. The Hall–Kier alpha value is -0.860. The molecule has 2 rings (SSSR count). The number of aliphatic hydroxyl groups is 1. The van der Waals surface area contributed by atoms with Crippen molar-refractivity contribution in [3.05, 3.63) is 35.4 Å². The monoisotopic (exact) mass is 248 g/mol. The van der Waals surface area contributed by atoms with E-state index < -0.39 is 11.7 Å². The highest BCUT2D eigenvalue weighted by Crippen LogP contribution is 2.36. The second-order valence-electron chi connectivity index (χ2n) is 5.84. The van der Waals surface area contributed by atoms with Crippen LogP contribution in [0.2, 0.25) is 0 Å². The summed E-state index contributed by atoms with van der Waals surface area (Å²) in [7, 11) is 0. The lowest BCUT2D eigenvalue weighted by Crippen LogP contribution is -2.39. The van der Waals surface area contributed by atoms with Crippen LogP contribution in [-0.2, 0) is 4.74 Å². The van der Waals surface area contributed by atoms with Crippen molar-refractivity contribution in [1.82, 2.24) is 0 Å². The SMILES string of the molecule is CC(C)c1ccc(C(O)C2(C)CCCCO2)cc1. The molecular formula is C16H24O2. The fourth-order valence-electron chi connectivity index (χ4n) is 2.59. The molecule has 100 valence electrons. The standard InChI is InChI=1S/C16H24O2/c1-12(2)13-6-8-14(9-7-13)15(17)16(3)10-4-5-11-18-16/h6-9,12,15,17H,4-5,10-11H2,1-3H3. The highest BCUT2D eigenvalue weighted by atomic mass is 16.5. The Labute approximate surface area is 110 Å². The van der Waals surface area contributed by atoms with Crippen LogP contribution in [0.4, 0.5) is 0 Å². The zero-order valence-electron chi connectivity index (χ0n) is 11.6. The molecular weight excluding hydrogens is 224 g/mol. The van der Waals surface area contributed by atoms with Crippen molar-refractivity contribution in [3.8, 4) is 0 Å². The van der Waals surface area contributed by atoms with Gasteiger partial charge in [-0.05, 0) is 43.2 Å². The highest BCUT2D eigenvalue weighted by Gasteiger charge is 2.36. The average Bonchev–Trinajstić information content (AvgIpc) is 2.39. The molecule has 0 spiro atoms. The van der Waals surface area contributed by atoms with Crippen molar-refractivity contribution in [2.75, 3.05) is 6.61 Å². The lowest BCUT2D eigenvalue weighted by Gasteiger charge is -2.38. The lowest BCUT2D eigenvalue weighted by atomic mass is 9.85. The maximum absolute atomic E-state index is 10.5. The molecule has 2 atom stereocenters. The summed E-state index contributed by atoms with van der Waals surface area (Å²) in [5, 5.41) is 10.5. The maximum Gasteiger partial charge on any atom is 0.108 e. The van der Waals surface area contributed by atoms with Gasteiger partial charge in [-0.1, -0.05) is 38.1 Å². The highest BCUT2D eigenvalue weighted by molar-refractivity contribution is 5.27. The van der Waals surface area contributed by atoms with Gasteiger partial charge >= 0.3 is 0 Å². The normalized spacial score (nSPS) is 26.3. The van der Waals surface area contributed by atoms with Crippen molar-refractivity contribution in [2.45, 2.75) is 57.7 Å². The van der Waals surface area contributed by atoms with E-state index in [9.17, 15) is 5.11 Å². The van der Waals surface area contributed by atoms with Crippen molar-refractivity contribution < 1.29 is 9.84 Å². The Morgan fingerprint density at radius 2 is 1.72 bits per heavy atom. The summed E-state index contributed by atoms with van der Waals surface area (Å²) in [6, 6.07) is 8.28. The molecule has 1 N–H and O–H groups in total. The summed E-state index contributed by atoms with van der Waals surface area (Å²) in [6.45, 7) is 7.14. The first-order valence-corrected chi connectivity index (χ1v) is 6.95. The zero-order chi connectivity index (χ0) is 13.2. The molecule has 0 radical (unpaired) electrons. The van der Waals surface area contributed by atoms with Crippen molar-refractivity contribution in [2.24, 2.45) is 0 Å². The van der Waals surface area contributed by atoms with E-state index in [-0.39, 0.29) is 0 Å². The van der Waals surface area contributed by atoms with E-state index in [0.29, 0.717) is 5.92 Å². The minimum atomic E-state index is -0.529. The third kappa shape index (κ3) is 2.76. The van der Waals surface area contributed by atoms with E-state index in [1.165, 1.54) is 5.56 Å². The van der Waals surface area contributed by atoms with Gasteiger partial charge in [-0.15, -0.1) is 0 Å². The van der Waals surface area contributed by atoms with Crippen LogP contribution in [0.1, 0.15) is 63.2 Å². The zero-order valence-corrected chi connectivity index (χ0v) is 11.6. The van der Waals surface area contributed by atoms with Gasteiger partial charge in [0.1, 0.15) is 6.10 Å². The summed E-state index contributed by atoms with van der Waals surface area (Å²) in [6.07, 6.45) is 2.64. The van der Waals surface area contributed by atoms with Gasteiger partial charge in [-0.2, -0.15) is 0 Å². The number of rotatable bonds is 3. The average molecular weight is 248 g/mol. The molecule has 0 aliphatic carbocycles. The molecule has 0 amide bonds. The van der Waals surface area contributed by atoms with Crippen molar-refractivity contribution in [3.63, 3.8) is 0 Å². The molecule has 1 heterocycles. The van der Waals surface area contributed by atoms with Crippen LogP contribution in [0, 0.1) is 0 Å². The van der Waals surface area contributed by atoms with E-state index in [4.69, 9.17) is 4.74 Å². The minimum absolute atomic E-state index is 0.419. The lowest BCUT2D eigenvalue weighted by molar-refractivity contribution is -0.138. The third-order valence-electron chi connectivity index (χ3n) is 4.00. The van der Waals surface area contributed by atoms with E-state index in [0.717, 1.165) is 31.4 Å². The summed E-state index contributed by atoms with van der Waals surface area (Å²) in [5.41, 5.74) is 1.85. The molecule has 0 bridgehead atoms. The summed E-state index contributed by atoms with van der Waals surface area (Å²) in [4.78, 5) is 0. The van der Waals surface area contributed by atoms with Crippen LogP contribution in [0.5, 0.6) is 0 Å². The van der Waals surface area contributed by atoms with Gasteiger partial charge in [0.25, 0.3) is 0 Å². The van der Waals surface area contributed by atoms with Gasteiger partial charge in [0, 0.05) is 6.61 Å². The van der Waals surface area contributed by atoms with Gasteiger partial charge in [0.05, 0.1) is 5.60 Å². The summed E-state index contributed by atoms with van der Waals surface area (Å²) < 4.78 is 5.81. The summed E-state index contributed by atoms with van der Waals surface area (Å²) in [5.74, 6) is 0.526. The van der Waals surface area contributed by atoms with Crippen LogP contribution in [-0.4, -0.2) is 17.3 Å². The molecule has 0 aromatic heterocycles. The molecule has 0 saturated carbocycles. The van der Waals surface area contributed by atoms with E-state index >= 15 is 0 Å². The quantitative estimate of drug-likeness (QED) is 0.881. The second kappa shape index (κ2) is 5.41. The van der Waals surface area contributed by atoms with Gasteiger partial charge in [0.2, 0.25) is 0 Å². The molecule has 1 saturated heterocycles. The fraction of sp³-hybridized carbons (Fsp3) is 0.625. The number of hydrogen-bond donors (Lipinski definition) is 1. The van der Waals surface area contributed by atoms with Crippen LogP contribution < -0.4 is 0 Å². The molecule has 2 nitrogen and oxygen atoms in total. The Kier molecular flexibility index (Phi) is 4.08. The predicted molar refractivity (Wildman–Crippen MR) is 73.7 cm³/mol. The number of aliphatic hydroxyl groups excluding tert-OH is 1. The van der Waals surface area contributed by atoms with E-state index in [1.54, 1.807) is 0 Å². The molecule has 1 aliphatic rings. The Balaban J connectivity index is 2.15. The number of ether oxygens (including phenoxy) is 1. The Bertz CT molecular complexity index is 375. The topological polar surface area (TPSA) is 29.5 Å². The van der Waals surface area contributed by atoms with Crippen molar-refractivity contribution >= 4 is 0 Å². The van der Waals surface area contributed by atoms with E-state index in [2.05, 4.69) is 26.0 Å². The predicted octanol–water partition coefficient (Wildman–Crippen LogP) is 3.80. The fourth-order valence-corrected chi connectivity index (χ4v) is 2.59. The van der Waals surface area contributed by atoms with E-state index in [1.807, 2.05) is 19.1 Å². The number of benzene rings is 1. The first-order valence-electron chi connectivity index (χ1n) is 6.95. The summed E-state index contributed by atoms with van der Waals surface area (Å²) >= 11 is 0. The molecule has 1 aromatic carbocycles. The Morgan fingerprint density at radius 3 is 2.22 bits per heavy atom. The van der Waals surface area contributed by atoms with Crippen LogP contribution >= 0.6 is 0 Å². The van der Waals surface area contributed by atoms with Gasteiger partial charge in [-0.3, -0.25) is 0 Å². The maximum atomic E-state index is 10.5. The first kappa shape index (κ1) is 13.6. The van der Waals surface area contributed by atoms with Gasteiger partial charge in [-0.25, -0.2) is 0 Å². The van der Waals surface area contributed by atoms with Crippen LogP contribution in [0.25, 0.3) is 0 Å². The van der Waals surface area contributed by atoms with Crippen molar-refractivity contribution in [1.29, 1.82) is 0 Å². The molecule has 18 heavy (non-hydrogen) atoms. The third-order valence-corrected chi connectivity index (χ3v) is 4.00. The molecule has 2 heteroatoms. The minimum Gasteiger partial charge on any atom is -0.385 e. The second-order valence-corrected chi connectivity index (χ2v) is 5.84. The molecule has 1 aliphatic heterocycles.